The largest absolute Gasteiger partial charge is 0.472 e. The number of nitrogens with zero attached hydrogens (tertiary/aromatic N) is 2. The summed E-state index contributed by atoms with van der Waals surface area (Å²) in [6.07, 6.45) is 1.98. The second-order valence-electron chi connectivity index (χ2n) is 7.07. The van der Waals surface area contributed by atoms with Crippen molar-refractivity contribution in [2.75, 3.05) is 11.6 Å². The Labute approximate surface area is 200 Å². The monoisotopic (exact) mass is 477 g/mol. The molecule has 4 aromatic rings. The van der Waals surface area contributed by atoms with Gasteiger partial charge in [-0.1, -0.05) is 29.8 Å². The highest BCUT2D eigenvalue weighted by molar-refractivity contribution is 7.98. The number of amides is 1. The SMILES string of the molecule is CSc1cccc(NC(=O)c2ccc(-n3nc(OCc4ccc(Cl)cc4)ccc3=O)cc2)c1. The van der Waals surface area contributed by atoms with Gasteiger partial charge in [0.05, 0.1) is 5.69 Å². The van der Waals surface area contributed by atoms with Gasteiger partial charge in [-0.2, -0.15) is 4.68 Å². The van der Waals surface area contributed by atoms with Crippen LogP contribution in [0, 0.1) is 0 Å². The quantitative estimate of drug-likeness (QED) is 0.359. The second-order valence-corrected chi connectivity index (χ2v) is 8.39. The van der Waals surface area contributed by atoms with Crippen LogP contribution in [0.3, 0.4) is 0 Å². The second kappa shape index (κ2) is 10.4. The Morgan fingerprint density at radius 2 is 1.79 bits per heavy atom. The summed E-state index contributed by atoms with van der Waals surface area (Å²) in [4.78, 5) is 26.0. The summed E-state index contributed by atoms with van der Waals surface area (Å²) in [5.41, 5.74) is 2.34. The van der Waals surface area contributed by atoms with Crippen LogP contribution < -0.4 is 15.6 Å². The van der Waals surface area contributed by atoms with Crippen molar-refractivity contribution < 1.29 is 9.53 Å². The molecule has 0 aliphatic heterocycles. The van der Waals surface area contributed by atoms with Crippen molar-refractivity contribution in [1.82, 2.24) is 9.78 Å². The molecule has 3 aromatic carbocycles. The molecule has 0 unspecified atom stereocenters. The molecule has 1 N–H and O–H groups in total. The number of nitrogens with one attached hydrogen (secondary N) is 1. The lowest BCUT2D eigenvalue weighted by molar-refractivity contribution is 0.102. The molecule has 1 heterocycles. The van der Waals surface area contributed by atoms with Crippen molar-refractivity contribution in [2.45, 2.75) is 11.5 Å². The molecular formula is C25H20ClN3O3S. The Morgan fingerprint density at radius 1 is 1.03 bits per heavy atom. The Balaban J connectivity index is 1.47. The van der Waals surface area contributed by atoms with Gasteiger partial charge in [0.1, 0.15) is 6.61 Å². The van der Waals surface area contributed by atoms with Crippen LogP contribution in [0.15, 0.2) is 94.6 Å². The maximum Gasteiger partial charge on any atom is 0.271 e. The average molecular weight is 478 g/mol. The minimum atomic E-state index is -0.306. The van der Waals surface area contributed by atoms with Gasteiger partial charge < -0.3 is 10.1 Å². The molecule has 0 atom stereocenters. The van der Waals surface area contributed by atoms with E-state index in [1.807, 2.05) is 42.7 Å². The first-order chi connectivity index (χ1) is 16.0. The minimum absolute atomic E-state index is 0.236. The molecule has 0 bridgehead atoms. The highest BCUT2D eigenvalue weighted by Crippen LogP contribution is 2.20. The van der Waals surface area contributed by atoms with E-state index in [4.69, 9.17) is 16.3 Å². The highest BCUT2D eigenvalue weighted by atomic mass is 35.5. The number of hydrogen-bond acceptors (Lipinski definition) is 5. The number of benzene rings is 3. The number of anilines is 1. The minimum Gasteiger partial charge on any atom is -0.472 e. The topological polar surface area (TPSA) is 73.2 Å². The van der Waals surface area contributed by atoms with Crippen LogP contribution in [0.25, 0.3) is 5.69 Å². The number of rotatable bonds is 7. The normalized spacial score (nSPS) is 10.6. The number of carbonyl (C=O) groups excluding carboxylic acids is 1. The predicted octanol–water partition coefficient (Wildman–Crippen LogP) is 5.44. The maximum absolute atomic E-state index is 12.6. The van der Waals surface area contributed by atoms with Crippen molar-refractivity contribution >= 4 is 35.0 Å². The van der Waals surface area contributed by atoms with Gasteiger partial charge in [0.2, 0.25) is 5.88 Å². The van der Waals surface area contributed by atoms with Gasteiger partial charge >= 0.3 is 0 Å². The average Bonchev–Trinajstić information content (AvgIpc) is 2.84. The molecular weight excluding hydrogens is 458 g/mol. The van der Waals surface area contributed by atoms with E-state index in [0.29, 0.717) is 28.8 Å². The third kappa shape index (κ3) is 5.83. The molecule has 0 spiro atoms. The zero-order chi connectivity index (χ0) is 23.2. The van der Waals surface area contributed by atoms with Crippen molar-refractivity contribution in [1.29, 1.82) is 0 Å². The first kappa shape index (κ1) is 22.6. The number of ether oxygens (including phenoxy) is 1. The number of carbonyl (C=O) groups is 1. The molecule has 0 fully saturated rings. The maximum atomic E-state index is 12.6. The van der Waals surface area contributed by atoms with Gasteiger partial charge in [-0.05, 0) is 66.4 Å². The van der Waals surface area contributed by atoms with E-state index in [1.165, 1.54) is 16.8 Å². The van der Waals surface area contributed by atoms with Crippen LogP contribution >= 0.6 is 23.4 Å². The van der Waals surface area contributed by atoms with Gasteiger partial charge in [-0.15, -0.1) is 16.9 Å². The summed E-state index contributed by atoms with van der Waals surface area (Å²) in [6.45, 7) is 0.291. The third-order valence-electron chi connectivity index (χ3n) is 4.78. The molecule has 0 saturated heterocycles. The van der Waals surface area contributed by atoms with E-state index in [1.54, 1.807) is 48.2 Å². The zero-order valence-corrected chi connectivity index (χ0v) is 19.3. The summed E-state index contributed by atoms with van der Waals surface area (Å²) in [5.74, 6) is 0.0696. The van der Waals surface area contributed by atoms with E-state index >= 15 is 0 Å². The van der Waals surface area contributed by atoms with Gasteiger partial charge in [0, 0.05) is 33.3 Å². The van der Waals surface area contributed by atoms with Crippen molar-refractivity contribution in [3.05, 3.63) is 111 Å². The molecule has 166 valence electrons. The number of aromatic nitrogens is 2. The van der Waals surface area contributed by atoms with Gasteiger partial charge in [0.25, 0.3) is 11.5 Å². The molecule has 0 aliphatic rings. The van der Waals surface area contributed by atoms with Crippen molar-refractivity contribution in [3.8, 4) is 11.6 Å². The molecule has 0 aliphatic carbocycles. The Kier molecular flexibility index (Phi) is 7.12. The van der Waals surface area contributed by atoms with Crippen LogP contribution in [0.1, 0.15) is 15.9 Å². The van der Waals surface area contributed by atoms with Crippen molar-refractivity contribution in [3.63, 3.8) is 0 Å². The van der Waals surface area contributed by atoms with Crippen LogP contribution in [0.4, 0.5) is 5.69 Å². The molecule has 6 nitrogen and oxygen atoms in total. The fourth-order valence-corrected chi connectivity index (χ4v) is 3.64. The van der Waals surface area contributed by atoms with Crippen molar-refractivity contribution in [2.24, 2.45) is 0 Å². The molecule has 1 amide bonds. The number of halogens is 1. The molecule has 0 radical (unpaired) electrons. The van der Waals surface area contributed by atoms with Gasteiger partial charge in [-0.25, -0.2) is 0 Å². The molecule has 1 aromatic heterocycles. The lowest BCUT2D eigenvalue weighted by atomic mass is 10.2. The fraction of sp³-hybridized carbons (Fsp3) is 0.0800. The first-order valence-corrected chi connectivity index (χ1v) is 11.7. The van der Waals surface area contributed by atoms with Crippen LogP contribution in [0.2, 0.25) is 5.02 Å². The van der Waals surface area contributed by atoms with Gasteiger partial charge in [0.15, 0.2) is 0 Å². The molecule has 0 saturated carbocycles. The predicted molar refractivity (Wildman–Crippen MR) is 132 cm³/mol. The lowest BCUT2D eigenvalue weighted by Crippen LogP contribution is -2.20. The molecule has 33 heavy (non-hydrogen) atoms. The van der Waals surface area contributed by atoms with Gasteiger partial charge in [-0.3, -0.25) is 9.59 Å². The van der Waals surface area contributed by atoms with E-state index in [0.717, 1.165) is 16.1 Å². The standard InChI is InChI=1S/C25H20ClN3O3S/c1-33-22-4-2-3-20(15-22)27-25(31)18-7-11-21(12-8-18)29-24(30)14-13-23(28-29)32-16-17-5-9-19(26)10-6-17/h2-15H,16H2,1H3,(H,27,31). The molecule has 4 rings (SSSR count). The van der Waals surface area contributed by atoms with E-state index in [-0.39, 0.29) is 11.5 Å². The fourth-order valence-electron chi connectivity index (χ4n) is 3.05. The molecule has 8 heteroatoms. The Bertz CT molecular complexity index is 1320. The smallest absolute Gasteiger partial charge is 0.271 e. The lowest BCUT2D eigenvalue weighted by Gasteiger charge is -2.10. The first-order valence-electron chi connectivity index (χ1n) is 10.1. The zero-order valence-electron chi connectivity index (χ0n) is 17.7. The summed E-state index contributed by atoms with van der Waals surface area (Å²) in [7, 11) is 0. The van der Waals surface area contributed by atoms with E-state index < -0.39 is 0 Å². The number of thioether (sulfide) groups is 1. The van der Waals surface area contributed by atoms with E-state index in [2.05, 4.69) is 10.4 Å². The Hall–Kier alpha value is -3.55. The van der Waals surface area contributed by atoms with Crippen LogP contribution in [-0.4, -0.2) is 21.9 Å². The highest BCUT2D eigenvalue weighted by Gasteiger charge is 2.09. The third-order valence-corrected chi connectivity index (χ3v) is 5.75. The van der Waals surface area contributed by atoms with Crippen LogP contribution in [0.5, 0.6) is 5.88 Å². The summed E-state index contributed by atoms with van der Waals surface area (Å²) < 4.78 is 6.95. The van der Waals surface area contributed by atoms with E-state index in [9.17, 15) is 9.59 Å². The summed E-state index contributed by atoms with van der Waals surface area (Å²) in [5, 5.41) is 7.82. The summed E-state index contributed by atoms with van der Waals surface area (Å²) >= 11 is 7.51. The Morgan fingerprint density at radius 3 is 2.52 bits per heavy atom. The number of hydrogen-bond donors (Lipinski definition) is 1. The summed E-state index contributed by atoms with van der Waals surface area (Å²) in [6, 6.07) is 24.5. The van der Waals surface area contributed by atoms with Crippen LogP contribution in [-0.2, 0) is 6.61 Å².